The number of carbonyl (C=O) groups is 1. The molecule has 27 heavy (non-hydrogen) atoms. The number of anilines is 1. The molecule has 3 aromatic rings. The quantitative estimate of drug-likeness (QED) is 0.695. The second kappa shape index (κ2) is 7.51. The smallest absolute Gasteiger partial charge is 0.335 e. The maximum atomic E-state index is 12.9. The van der Waals surface area contributed by atoms with Crippen molar-refractivity contribution >= 4 is 21.7 Å². The van der Waals surface area contributed by atoms with Gasteiger partial charge in [0.05, 0.1) is 16.1 Å². The summed E-state index contributed by atoms with van der Waals surface area (Å²) in [5, 5.41) is 8.97. The first kappa shape index (κ1) is 18.5. The first-order valence-electron chi connectivity index (χ1n) is 8.04. The van der Waals surface area contributed by atoms with Gasteiger partial charge in [-0.05, 0) is 48.5 Å². The fraction of sp³-hybridized carbons (Fsp3) is 0.0500. The SMILES string of the molecule is CN(c1ccccc1Oc1ccccc1)S(=O)(=O)c1ccc(C(=O)O)cc1. The molecule has 0 amide bonds. The fourth-order valence-corrected chi connectivity index (χ4v) is 3.68. The van der Waals surface area contributed by atoms with Gasteiger partial charge in [-0.1, -0.05) is 30.3 Å². The lowest BCUT2D eigenvalue weighted by Gasteiger charge is -2.22. The molecule has 0 saturated heterocycles. The van der Waals surface area contributed by atoms with Crippen LogP contribution in [0.1, 0.15) is 10.4 Å². The standard InChI is InChI=1S/C20H17NO5S/c1-21(27(24,25)17-13-11-15(12-14-17)20(22)23)18-9-5-6-10-19(18)26-16-7-3-2-4-8-16/h2-14H,1H3,(H,22,23). The number of para-hydroxylation sites is 3. The first-order chi connectivity index (χ1) is 12.9. The molecule has 0 heterocycles. The van der Waals surface area contributed by atoms with Crippen LogP contribution in [0.3, 0.4) is 0 Å². The van der Waals surface area contributed by atoms with Crippen LogP contribution in [0.2, 0.25) is 0 Å². The average molecular weight is 383 g/mol. The summed E-state index contributed by atoms with van der Waals surface area (Å²) in [7, 11) is -2.46. The van der Waals surface area contributed by atoms with E-state index in [1.807, 2.05) is 18.2 Å². The van der Waals surface area contributed by atoms with Crippen molar-refractivity contribution in [1.29, 1.82) is 0 Å². The molecule has 7 heteroatoms. The highest BCUT2D eigenvalue weighted by atomic mass is 32.2. The number of sulfonamides is 1. The molecule has 0 saturated carbocycles. The molecule has 0 fully saturated rings. The largest absolute Gasteiger partial charge is 0.478 e. The third-order valence-electron chi connectivity index (χ3n) is 3.94. The lowest BCUT2D eigenvalue weighted by molar-refractivity contribution is 0.0696. The van der Waals surface area contributed by atoms with E-state index < -0.39 is 16.0 Å². The third-order valence-corrected chi connectivity index (χ3v) is 5.72. The van der Waals surface area contributed by atoms with Crippen molar-refractivity contribution in [2.75, 3.05) is 11.4 Å². The van der Waals surface area contributed by atoms with Crippen molar-refractivity contribution in [1.82, 2.24) is 0 Å². The minimum Gasteiger partial charge on any atom is -0.478 e. The summed E-state index contributed by atoms with van der Waals surface area (Å²) in [5.74, 6) is -0.146. The average Bonchev–Trinajstić information content (AvgIpc) is 2.68. The Kier molecular flexibility index (Phi) is 5.14. The molecule has 3 rings (SSSR count). The summed E-state index contributed by atoms with van der Waals surface area (Å²) in [6.07, 6.45) is 0. The van der Waals surface area contributed by atoms with E-state index in [2.05, 4.69) is 0 Å². The van der Waals surface area contributed by atoms with Crippen molar-refractivity contribution < 1.29 is 23.1 Å². The molecule has 138 valence electrons. The molecule has 0 unspecified atom stereocenters. The summed E-state index contributed by atoms with van der Waals surface area (Å²) < 4.78 is 32.8. The predicted molar refractivity (Wildman–Crippen MR) is 102 cm³/mol. The van der Waals surface area contributed by atoms with E-state index in [0.717, 1.165) is 4.31 Å². The van der Waals surface area contributed by atoms with Crippen molar-refractivity contribution in [3.05, 3.63) is 84.4 Å². The highest BCUT2D eigenvalue weighted by Crippen LogP contribution is 2.34. The second-order valence-electron chi connectivity index (χ2n) is 5.68. The van der Waals surface area contributed by atoms with Crippen LogP contribution in [0.25, 0.3) is 0 Å². The van der Waals surface area contributed by atoms with Gasteiger partial charge in [-0.2, -0.15) is 0 Å². The van der Waals surface area contributed by atoms with Crippen molar-refractivity contribution in [2.45, 2.75) is 4.90 Å². The van der Waals surface area contributed by atoms with Crippen molar-refractivity contribution in [2.24, 2.45) is 0 Å². The molecule has 0 aromatic heterocycles. The lowest BCUT2D eigenvalue weighted by atomic mass is 10.2. The number of ether oxygens (including phenoxy) is 1. The van der Waals surface area contributed by atoms with Gasteiger partial charge in [0.15, 0.2) is 5.75 Å². The number of carboxylic acids is 1. The van der Waals surface area contributed by atoms with Crippen molar-refractivity contribution in [3.63, 3.8) is 0 Å². The normalized spacial score (nSPS) is 11.0. The molecule has 0 bridgehead atoms. The van der Waals surface area contributed by atoms with Gasteiger partial charge >= 0.3 is 5.97 Å². The minimum atomic E-state index is -3.89. The Morgan fingerprint density at radius 2 is 1.48 bits per heavy atom. The van der Waals surface area contributed by atoms with Crippen molar-refractivity contribution in [3.8, 4) is 11.5 Å². The van der Waals surface area contributed by atoms with E-state index in [0.29, 0.717) is 17.2 Å². The number of carboxylic acid groups (broad SMARTS) is 1. The molecular weight excluding hydrogens is 366 g/mol. The zero-order valence-electron chi connectivity index (χ0n) is 14.4. The fourth-order valence-electron chi connectivity index (χ4n) is 2.48. The minimum absolute atomic E-state index is 0.00971. The summed E-state index contributed by atoms with van der Waals surface area (Å²) in [4.78, 5) is 10.9. The molecule has 0 aliphatic rings. The maximum absolute atomic E-state index is 12.9. The van der Waals surface area contributed by atoms with E-state index >= 15 is 0 Å². The number of nitrogens with zero attached hydrogens (tertiary/aromatic N) is 1. The Bertz CT molecular complexity index is 1050. The van der Waals surface area contributed by atoms with Gasteiger partial charge in [0.2, 0.25) is 0 Å². The number of hydrogen-bond donors (Lipinski definition) is 1. The van der Waals surface area contributed by atoms with Crippen LogP contribution in [-0.2, 0) is 10.0 Å². The molecule has 0 aliphatic heterocycles. The van der Waals surface area contributed by atoms with Gasteiger partial charge in [-0.15, -0.1) is 0 Å². The molecular formula is C20H17NO5S. The van der Waals surface area contributed by atoms with Crippen LogP contribution >= 0.6 is 0 Å². The first-order valence-corrected chi connectivity index (χ1v) is 9.48. The molecule has 0 radical (unpaired) electrons. The summed E-state index contributed by atoms with van der Waals surface area (Å²) in [6, 6.07) is 20.9. The molecule has 0 atom stereocenters. The van der Waals surface area contributed by atoms with Gasteiger partial charge in [0.1, 0.15) is 5.75 Å². The highest BCUT2D eigenvalue weighted by molar-refractivity contribution is 7.92. The van der Waals surface area contributed by atoms with Crippen LogP contribution in [-0.4, -0.2) is 26.5 Å². The molecule has 1 N–H and O–H groups in total. The van der Waals surface area contributed by atoms with Gasteiger partial charge < -0.3 is 9.84 Å². The topological polar surface area (TPSA) is 83.9 Å². The second-order valence-corrected chi connectivity index (χ2v) is 7.65. The zero-order chi connectivity index (χ0) is 19.4. The Hall–Kier alpha value is -3.32. The highest BCUT2D eigenvalue weighted by Gasteiger charge is 2.24. The van der Waals surface area contributed by atoms with E-state index in [9.17, 15) is 13.2 Å². The Labute approximate surface area is 157 Å². The number of hydrogen-bond acceptors (Lipinski definition) is 4. The van der Waals surface area contributed by atoms with Gasteiger partial charge in [-0.3, -0.25) is 4.31 Å². The predicted octanol–water partition coefficient (Wildman–Crippen LogP) is 4.00. The van der Waals surface area contributed by atoms with E-state index in [1.165, 1.54) is 31.3 Å². The van der Waals surface area contributed by atoms with E-state index in [4.69, 9.17) is 9.84 Å². The molecule has 0 spiro atoms. The van der Waals surface area contributed by atoms with Gasteiger partial charge in [0, 0.05) is 7.05 Å². The van der Waals surface area contributed by atoms with Crippen LogP contribution in [0.5, 0.6) is 11.5 Å². The number of rotatable bonds is 6. The van der Waals surface area contributed by atoms with Crippen LogP contribution < -0.4 is 9.04 Å². The van der Waals surface area contributed by atoms with Crippen LogP contribution in [0.15, 0.2) is 83.8 Å². The van der Waals surface area contributed by atoms with E-state index in [1.54, 1.807) is 36.4 Å². The maximum Gasteiger partial charge on any atom is 0.335 e. The number of benzene rings is 3. The number of aromatic carboxylic acids is 1. The Balaban J connectivity index is 1.95. The molecule has 3 aromatic carbocycles. The molecule has 6 nitrogen and oxygen atoms in total. The summed E-state index contributed by atoms with van der Waals surface area (Å²) in [5.41, 5.74) is 0.382. The zero-order valence-corrected chi connectivity index (χ0v) is 15.3. The van der Waals surface area contributed by atoms with Gasteiger partial charge in [0.25, 0.3) is 10.0 Å². The Morgan fingerprint density at radius 1 is 0.889 bits per heavy atom. The molecule has 0 aliphatic carbocycles. The third kappa shape index (κ3) is 3.93. The van der Waals surface area contributed by atoms with Gasteiger partial charge in [-0.25, -0.2) is 13.2 Å². The summed E-state index contributed by atoms with van der Waals surface area (Å²) >= 11 is 0. The summed E-state index contributed by atoms with van der Waals surface area (Å²) in [6.45, 7) is 0. The lowest BCUT2D eigenvalue weighted by Crippen LogP contribution is -2.27. The van der Waals surface area contributed by atoms with E-state index in [-0.39, 0.29) is 10.5 Å². The monoisotopic (exact) mass is 383 g/mol. The Morgan fingerprint density at radius 3 is 2.11 bits per heavy atom. The van der Waals surface area contributed by atoms with Crippen LogP contribution in [0, 0.1) is 0 Å². The van der Waals surface area contributed by atoms with Crippen LogP contribution in [0.4, 0.5) is 5.69 Å².